The number of amides is 2. The van der Waals surface area contributed by atoms with Crippen molar-refractivity contribution < 1.29 is 23.1 Å². The summed E-state index contributed by atoms with van der Waals surface area (Å²) in [4.78, 5) is 27.7. The van der Waals surface area contributed by atoms with Gasteiger partial charge in [0.1, 0.15) is 6.04 Å². The standard InChI is InChI=1S/C19H35N3O5S/c1-12(2)21(5)15-6-7-17(14(10-15)11-28(26,27)13(3)4)22-9-8-16(18(22)23)20-19(24)25/h12-17,20H,6-11H2,1-5H3,(H,24,25)/t14-,15-,16+,17+/m1/s1. The summed E-state index contributed by atoms with van der Waals surface area (Å²) in [6.07, 6.45) is 1.60. The fraction of sp³-hybridized carbons (Fsp3) is 0.895. The van der Waals surface area contributed by atoms with Gasteiger partial charge in [-0.25, -0.2) is 13.2 Å². The number of sulfone groups is 1. The van der Waals surface area contributed by atoms with Crippen LogP contribution in [0.4, 0.5) is 4.79 Å². The van der Waals surface area contributed by atoms with E-state index >= 15 is 0 Å². The third-order valence-electron chi connectivity index (χ3n) is 6.41. The number of carbonyl (C=O) groups excluding carboxylic acids is 1. The van der Waals surface area contributed by atoms with E-state index in [0.29, 0.717) is 19.0 Å². The van der Waals surface area contributed by atoms with Crippen LogP contribution >= 0.6 is 0 Å². The zero-order valence-corrected chi connectivity index (χ0v) is 18.4. The van der Waals surface area contributed by atoms with E-state index in [0.717, 1.165) is 19.3 Å². The van der Waals surface area contributed by atoms with E-state index in [1.807, 2.05) is 0 Å². The molecule has 1 saturated carbocycles. The second kappa shape index (κ2) is 8.98. The number of hydrogen-bond donors (Lipinski definition) is 2. The molecule has 2 amide bonds. The van der Waals surface area contributed by atoms with Crippen molar-refractivity contribution in [3.05, 3.63) is 0 Å². The normalized spacial score (nSPS) is 29.1. The molecule has 2 N–H and O–H groups in total. The molecule has 2 rings (SSSR count). The van der Waals surface area contributed by atoms with Crippen LogP contribution in [0.15, 0.2) is 0 Å². The quantitative estimate of drug-likeness (QED) is 0.651. The average molecular weight is 418 g/mol. The highest BCUT2D eigenvalue weighted by molar-refractivity contribution is 7.91. The van der Waals surface area contributed by atoms with Gasteiger partial charge >= 0.3 is 6.09 Å². The summed E-state index contributed by atoms with van der Waals surface area (Å²) in [5, 5.41) is 10.8. The number of nitrogens with one attached hydrogen (secondary N) is 1. The van der Waals surface area contributed by atoms with Gasteiger partial charge in [0, 0.05) is 24.7 Å². The first-order valence-electron chi connectivity index (χ1n) is 10.2. The van der Waals surface area contributed by atoms with Crippen molar-refractivity contribution in [1.82, 2.24) is 15.1 Å². The van der Waals surface area contributed by atoms with Gasteiger partial charge < -0.3 is 20.2 Å². The van der Waals surface area contributed by atoms with Crippen molar-refractivity contribution in [3.63, 3.8) is 0 Å². The van der Waals surface area contributed by atoms with Gasteiger partial charge in [0.25, 0.3) is 0 Å². The zero-order valence-electron chi connectivity index (χ0n) is 17.6. The van der Waals surface area contributed by atoms with Crippen molar-refractivity contribution in [3.8, 4) is 0 Å². The van der Waals surface area contributed by atoms with Crippen LogP contribution in [0.5, 0.6) is 0 Å². The van der Waals surface area contributed by atoms with Crippen LogP contribution in [0.2, 0.25) is 0 Å². The van der Waals surface area contributed by atoms with Crippen LogP contribution in [0.3, 0.4) is 0 Å². The monoisotopic (exact) mass is 417 g/mol. The van der Waals surface area contributed by atoms with Crippen LogP contribution in [-0.2, 0) is 14.6 Å². The molecular formula is C19H35N3O5S. The summed E-state index contributed by atoms with van der Waals surface area (Å²) in [5.41, 5.74) is 0. The minimum Gasteiger partial charge on any atom is -0.465 e. The topological polar surface area (TPSA) is 107 Å². The van der Waals surface area contributed by atoms with Gasteiger partial charge in [-0.1, -0.05) is 0 Å². The van der Waals surface area contributed by atoms with Gasteiger partial charge in [0.15, 0.2) is 9.84 Å². The molecule has 0 bridgehead atoms. The maximum atomic E-state index is 12.7. The molecule has 1 heterocycles. The number of rotatable bonds is 7. The Balaban J connectivity index is 2.21. The maximum absolute atomic E-state index is 12.7. The number of nitrogens with zero attached hydrogens (tertiary/aromatic N) is 2. The van der Waals surface area contributed by atoms with Gasteiger partial charge in [0.05, 0.1) is 11.0 Å². The Hall–Kier alpha value is -1.35. The molecule has 8 nitrogen and oxygen atoms in total. The fourth-order valence-electron chi connectivity index (χ4n) is 4.41. The predicted molar refractivity (Wildman–Crippen MR) is 108 cm³/mol. The highest BCUT2D eigenvalue weighted by Gasteiger charge is 2.44. The molecule has 9 heteroatoms. The molecule has 0 spiro atoms. The van der Waals surface area contributed by atoms with Crippen molar-refractivity contribution in [2.24, 2.45) is 5.92 Å². The number of carboxylic acid groups (broad SMARTS) is 1. The summed E-state index contributed by atoms with van der Waals surface area (Å²) in [6, 6.07) is -0.231. The molecule has 1 aliphatic carbocycles. The maximum Gasteiger partial charge on any atom is 0.405 e. The molecule has 28 heavy (non-hydrogen) atoms. The second-order valence-electron chi connectivity index (χ2n) is 8.75. The summed E-state index contributed by atoms with van der Waals surface area (Å²) in [7, 11) is -1.18. The summed E-state index contributed by atoms with van der Waals surface area (Å²) in [5.74, 6) is -0.298. The lowest BCUT2D eigenvalue weighted by atomic mass is 9.81. The number of likely N-dealkylation sites (tertiary alicyclic amines) is 1. The highest BCUT2D eigenvalue weighted by Crippen LogP contribution is 2.35. The Labute approximate surface area is 168 Å². The SMILES string of the molecule is CC(C)N(C)[C@@H]1CC[C@H](N2CC[C@H](NC(=O)O)C2=O)[C@@H](CS(=O)(=O)C(C)C)C1. The molecule has 162 valence electrons. The fourth-order valence-corrected chi connectivity index (χ4v) is 5.75. The lowest BCUT2D eigenvalue weighted by molar-refractivity contribution is -0.133. The Bertz CT molecular complexity index is 679. The molecule has 0 radical (unpaired) electrons. The van der Waals surface area contributed by atoms with Gasteiger partial charge in [-0.3, -0.25) is 4.79 Å². The van der Waals surface area contributed by atoms with E-state index < -0.39 is 27.2 Å². The Morgan fingerprint density at radius 2 is 1.89 bits per heavy atom. The zero-order chi connectivity index (χ0) is 21.2. The molecule has 0 aromatic rings. The predicted octanol–water partition coefficient (Wildman–Crippen LogP) is 1.56. The van der Waals surface area contributed by atoms with E-state index in [1.54, 1.807) is 18.7 Å². The van der Waals surface area contributed by atoms with Crippen LogP contribution in [0.1, 0.15) is 53.4 Å². The highest BCUT2D eigenvalue weighted by atomic mass is 32.2. The van der Waals surface area contributed by atoms with Crippen LogP contribution in [-0.4, -0.2) is 84.1 Å². The van der Waals surface area contributed by atoms with Crippen LogP contribution in [0, 0.1) is 5.92 Å². The third kappa shape index (κ3) is 5.17. The summed E-state index contributed by atoms with van der Waals surface area (Å²) in [6.45, 7) is 8.10. The molecule has 0 aromatic carbocycles. The Morgan fingerprint density at radius 1 is 1.25 bits per heavy atom. The third-order valence-corrected chi connectivity index (χ3v) is 8.74. The lowest BCUT2D eigenvalue weighted by Gasteiger charge is -2.44. The van der Waals surface area contributed by atoms with E-state index in [1.165, 1.54) is 0 Å². The van der Waals surface area contributed by atoms with Crippen LogP contribution in [0.25, 0.3) is 0 Å². The first kappa shape index (κ1) is 22.9. The van der Waals surface area contributed by atoms with E-state index in [2.05, 4.69) is 31.1 Å². The average Bonchev–Trinajstić information content (AvgIpc) is 2.93. The first-order valence-corrected chi connectivity index (χ1v) is 11.9. The Kier molecular flexibility index (Phi) is 7.36. The van der Waals surface area contributed by atoms with Crippen molar-refractivity contribution in [2.75, 3.05) is 19.3 Å². The van der Waals surface area contributed by atoms with Crippen molar-refractivity contribution in [1.29, 1.82) is 0 Å². The summed E-state index contributed by atoms with van der Waals surface area (Å²) >= 11 is 0. The largest absolute Gasteiger partial charge is 0.465 e. The molecule has 2 aliphatic rings. The van der Waals surface area contributed by atoms with Gasteiger partial charge in [-0.05, 0) is 66.3 Å². The Morgan fingerprint density at radius 3 is 2.43 bits per heavy atom. The molecule has 2 fully saturated rings. The molecule has 1 aliphatic heterocycles. The number of carbonyl (C=O) groups is 2. The van der Waals surface area contributed by atoms with Crippen molar-refractivity contribution in [2.45, 2.75) is 82.8 Å². The number of hydrogen-bond acceptors (Lipinski definition) is 5. The molecule has 0 aromatic heterocycles. The lowest BCUT2D eigenvalue weighted by Crippen LogP contribution is -2.53. The second-order valence-corrected chi connectivity index (χ2v) is 11.4. The van der Waals surface area contributed by atoms with E-state index in [9.17, 15) is 18.0 Å². The van der Waals surface area contributed by atoms with Crippen LogP contribution < -0.4 is 5.32 Å². The smallest absolute Gasteiger partial charge is 0.405 e. The van der Waals surface area contributed by atoms with Gasteiger partial charge in [-0.15, -0.1) is 0 Å². The van der Waals surface area contributed by atoms with E-state index in [-0.39, 0.29) is 29.7 Å². The minimum atomic E-state index is -3.25. The van der Waals surface area contributed by atoms with E-state index in [4.69, 9.17) is 5.11 Å². The minimum absolute atomic E-state index is 0.0680. The molecule has 1 saturated heterocycles. The summed E-state index contributed by atoms with van der Waals surface area (Å²) < 4.78 is 25.3. The van der Waals surface area contributed by atoms with Crippen molar-refractivity contribution >= 4 is 21.8 Å². The van der Waals surface area contributed by atoms with Gasteiger partial charge in [0.2, 0.25) is 5.91 Å². The molecular weight excluding hydrogens is 382 g/mol. The molecule has 0 unspecified atom stereocenters. The van der Waals surface area contributed by atoms with Gasteiger partial charge in [-0.2, -0.15) is 0 Å². The first-order chi connectivity index (χ1) is 12.9. The molecule has 4 atom stereocenters.